The Kier molecular flexibility index (Phi) is 6.36. The molecule has 0 aliphatic rings. The van der Waals surface area contributed by atoms with E-state index in [4.69, 9.17) is 14.2 Å². The van der Waals surface area contributed by atoms with Crippen LogP contribution in [0.5, 0.6) is 11.5 Å². The highest BCUT2D eigenvalue weighted by atomic mass is 16.5. The van der Waals surface area contributed by atoms with Gasteiger partial charge >= 0.3 is 0 Å². The van der Waals surface area contributed by atoms with E-state index in [2.05, 4.69) is 0 Å². The molecule has 1 aromatic carbocycles. The molecular formula is C15H22O4. The number of ketones is 1. The SMILES string of the molecule is CCCC(OCC)C(=O)c1cc(OC)cc(OC)c1. The summed E-state index contributed by atoms with van der Waals surface area (Å²) in [5.74, 6) is 1.18. The largest absolute Gasteiger partial charge is 0.497 e. The number of rotatable bonds is 8. The van der Waals surface area contributed by atoms with E-state index in [1.807, 2.05) is 13.8 Å². The van der Waals surface area contributed by atoms with Crippen molar-refractivity contribution >= 4 is 5.78 Å². The first kappa shape index (κ1) is 15.5. The Hall–Kier alpha value is -1.55. The molecule has 106 valence electrons. The van der Waals surface area contributed by atoms with Crippen molar-refractivity contribution in [3.8, 4) is 11.5 Å². The zero-order chi connectivity index (χ0) is 14.3. The standard InChI is InChI=1S/C15H22O4/c1-5-7-14(19-6-2)15(16)11-8-12(17-3)10-13(9-11)18-4/h8-10,14H,5-7H2,1-4H3. The number of ether oxygens (including phenoxy) is 3. The van der Waals surface area contributed by atoms with Crippen LogP contribution in [-0.2, 0) is 4.74 Å². The van der Waals surface area contributed by atoms with E-state index in [0.717, 1.165) is 6.42 Å². The van der Waals surface area contributed by atoms with Gasteiger partial charge in [0.25, 0.3) is 0 Å². The molecule has 4 heteroatoms. The zero-order valence-electron chi connectivity index (χ0n) is 12.1. The number of benzene rings is 1. The summed E-state index contributed by atoms with van der Waals surface area (Å²) in [5.41, 5.74) is 0.558. The first-order valence-electron chi connectivity index (χ1n) is 6.55. The molecule has 0 saturated heterocycles. The molecule has 0 aromatic heterocycles. The average molecular weight is 266 g/mol. The summed E-state index contributed by atoms with van der Waals surface area (Å²) in [6, 6.07) is 5.17. The van der Waals surface area contributed by atoms with Crippen molar-refractivity contribution in [1.82, 2.24) is 0 Å². The minimum Gasteiger partial charge on any atom is -0.497 e. The number of carbonyl (C=O) groups is 1. The van der Waals surface area contributed by atoms with Gasteiger partial charge in [0.05, 0.1) is 14.2 Å². The summed E-state index contributed by atoms with van der Waals surface area (Å²) in [6.07, 6.45) is 1.22. The molecule has 0 saturated carbocycles. The van der Waals surface area contributed by atoms with E-state index in [9.17, 15) is 4.79 Å². The summed E-state index contributed by atoms with van der Waals surface area (Å²) in [5, 5.41) is 0. The Morgan fingerprint density at radius 3 is 2.11 bits per heavy atom. The van der Waals surface area contributed by atoms with E-state index in [1.54, 1.807) is 32.4 Å². The molecule has 0 fully saturated rings. The van der Waals surface area contributed by atoms with Crippen LogP contribution in [0.3, 0.4) is 0 Å². The third-order valence-electron chi connectivity index (χ3n) is 2.85. The monoisotopic (exact) mass is 266 g/mol. The van der Waals surface area contributed by atoms with Crippen LogP contribution in [0.25, 0.3) is 0 Å². The highest BCUT2D eigenvalue weighted by Gasteiger charge is 2.20. The Bertz CT molecular complexity index is 386. The van der Waals surface area contributed by atoms with Crippen molar-refractivity contribution in [2.24, 2.45) is 0 Å². The van der Waals surface area contributed by atoms with Gasteiger partial charge in [0.15, 0.2) is 5.78 Å². The van der Waals surface area contributed by atoms with E-state index in [1.165, 1.54) is 0 Å². The van der Waals surface area contributed by atoms with Crippen LogP contribution in [0.4, 0.5) is 0 Å². The lowest BCUT2D eigenvalue weighted by Crippen LogP contribution is -2.24. The van der Waals surface area contributed by atoms with Gasteiger partial charge in [-0.15, -0.1) is 0 Å². The maximum Gasteiger partial charge on any atom is 0.191 e. The fourth-order valence-corrected chi connectivity index (χ4v) is 1.89. The van der Waals surface area contributed by atoms with Crippen molar-refractivity contribution in [1.29, 1.82) is 0 Å². The van der Waals surface area contributed by atoms with E-state index >= 15 is 0 Å². The normalized spacial score (nSPS) is 12.0. The van der Waals surface area contributed by atoms with Crippen LogP contribution in [0.1, 0.15) is 37.0 Å². The summed E-state index contributed by atoms with van der Waals surface area (Å²) in [4.78, 5) is 12.4. The maximum absolute atomic E-state index is 12.4. The highest BCUT2D eigenvalue weighted by Crippen LogP contribution is 2.24. The van der Waals surface area contributed by atoms with Crippen molar-refractivity contribution in [3.63, 3.8) is 0 Å². The molecule has 0 bridgehead atoms. The molecule has 0 N–H and O–H groups in total. The summed E-state index contributed by atoms with van der Waals surface area (Å²) in [6.45, 7) is 4.45. The molecule has 1 unspecified atom stereocenters. The zero-order valence-corrected chi connectivity index (χ0v) is 12.1. The summed E-state index contributed by atoms with van der Waals surface area (Å²) < 4.78 is 15.9. The smallest absolute Gasteiger partial charge is 0.191 e. The van der Waals surface area contributed by atoms with Crippen LogP contribution in [0.2, 0.25) is 0 Å². The molecule has 0 heterocycles. The number of hydrogen-bond donors (Lipinski definition) is 0. The highest BCUT2D eigenvalue weighted by molar-refractivity contribution is 6.00. The van der Waals surface area contributed by atoms with Gasteiger partial charge in [-0.1, -0.05) is 13.3 Å². The van der Waals surface area contributed by atoms with Crippen LogP contribution in [0.15, 0.2) is 18.2 Å². The van der Waals surface area contributed by atoms with Crippen molar-refractivity contribution < 1.29 is 19.0 Å². The average Bonchev–Trinajstić information content (AvgIpc) is 2.45. The van der Waals surface area contributed by atoms with Gasteiger partial charge in [-0.05, 0) is 25.5 Å². The first-order valence-corrected chi connectivity index (χ1v) is 6.55. The van der Waals surface area contributed by atoms with Crippen LogP contribution < -0.4 is 9.47 Å². The fraction of sp³-hybridized carbons (Fsp3) is 0.533. The predicted octanol–water partition coefficient (Wildman–Crippen LogP) is 3.09. The molecule has 4 nitrogen and oxygen atoms in total. The molecule has 1 aromatic rings. The molecular weight excluding hydrogens is 244 g/mol. The third kappa shape index (κ3) is 4.24. The maximum atomic E-state index is 12.4. The second-order valence-corrected chi connectivity index (χ2v) is 4.20. The molecule has 1 rings (SSSR count). The fourth-order valence-electron chi connectivity index (χ4n) is 1.89. The van der Waals surface area contributed by atoms with Gasteiger partial charge < -0.3 is 14.2 Å². The topological polar surface area (TPSA) is 44.8 Å². The molecule has 19 heavy (non-hydrogen) atoms. The van der Waals surface area contributed by atoms with Gasteiger partial charge in [0.2, 0.25) is 0 Å². The van der Waals surface area contributed by atoms with Crippen LogP contribution in [0, 0.1) is 0 Å². The molecule has 0 radical (unpaired) electrons. The Morgan fingerprint density at radius 1 is 1.11 bits per heavy atom. The summed E-state index contributed by atoms with van der Waals surface area (Å²) >= 11 is 0. The molecule has 0 aliphatic carbocycles. The minimum absolute atomic E-state index is 0.0269. The van der Waals surface area contributed by atoms with Crippen molar-refractivity contribution in [2.75, 3.05) is 20.8 Å². The molecule has 0 aliphatic heterocycles. The quantitative estimate of drug-likeness (QED) is 0.678. The van der Waals surface area contributed by atoms with Gasteiger partial charge in [0.1, 0.15) is 17.6 Å². The number of hydrogen-bond acceptors (Lipinski definition) is 4. The van der Waals surface area contributed by atoms with Gasteiger partial charge in [-0.2, -0.15) is 0 Å². The number of methoxy groups -OCH3 is 2. The van der Waals surface area contributed by atoms with Gasteiger partial charge in [0, 0.05) is 18.2 Å². The third-order valence-corrected chi connectivity index (χ3v) is 2.85. The lowest BCUT2D eigenvalue weighted by Gasteiger charge is -2.16. The number of Topliss-reactive ketones (excluding diaryl/α,β-unsaturated/α-hetero) is 1. The van der Waals surface area contributed by atoms with Gasteiger partial charge in [-0.25, -0.2) is 0 Å². The van der Waals surface area contributed by atoms with Crippen LogP contribution >= 0.6 is 0 Å². The van der Waals surface area contributed by atoms with E-state index in [0.29, 0.717) is 30.1 Å². The summed E-state index contributed by atoms with van der Waals surface area (Å²) in [7, 11) is 3.13. The molecule has 0 spiro atoms. The van der Waals surface area contributed by atoms with Crippen molar-refractivity contribution in [3.05, 3.63) is 23.8 Å². The second kappa shape index (κ2) is 7.79. The first-order chi connectivity index (χ1) is 9.15. The van der Waals surface area contributed by atoms with E-state index in [-0.39, 0.29) is 5.78 Å². The minimum atomic E-state index is -0.396. The van der Waals surface area contributed by atoms with Gasteiger partial charge in [-0.3, -0.25) is 4.79 Å². The molecule has 0 amide bonds. The number of carbonyl (C=O) groups excluding carboxylic acids is 1. The van der Waals surface area contributed by atoms with E-state index < -0.39 is 6.10 Å². The second-order valence-electron chi connectivity index (χ2n) is 4.20. The predicted molar refractivity (Wildman–Crippen MR) is 74.2 cm³/mol. The Balaban J connectivity index is 3.01. The lowest BCUT2D eigenvalue weighted by atomic mass is 10.0. The lowest BCUT2D eigenvalue weighted by molar-refractivity contribution is 0.0423. The van der Waals surface area contributed by atoms with Crippen LogP contribution in [-0.4, -0.2) is 32.7 Å². The van der Waals surface area contributed by atoms with Crippen molar-refractivity contribution in [2.45, 2.75) is 32.8 Å². The molecule has 1 atom stereocenters. The Morgan fingerprint density at radius 2 is 1.68 bits per heavy atom. The Labute approximate surface area is 114 Å².